The minimum Gasteiger partial charge on any atom is -0.477 e. The molecule has 2 aromatic carbocycles. The molecule has 3 aromatic rings. The third-order valence-corrected chi connectivity index (χ3v) is 4.59. The highest BCUT2D eigenvalue weighted by atomic mass is 32.1. The molecule has 0 fully saturated rings. The second-order valence-electron chi connectivity index (χ2n) is 4.85. The summed E-state index contributed by atoms with van der Waals surface area (Å²) in [5.41, 5.74) is 2.28. The maximum Gasteiger partial charge on any atom is 0.346 e. The van der Waals surface area contributed by atoms with Crippen molar-refractivity contribution < 1.29 is 19.8 Å². The van der Waals surface area contributed by atoms with Gasteiger partial charge in [-0.1, -0.05) is 60.7 Å². The van der Waals surface area contributed by atoms with Gasteiger partial charge in [-0.3, -0.25) is 0 Å². The van der Waals surface area contributed by atoms with Crippen LogP contribution < -0.4 is 0 Å². The first kappa shape index (κ1) is 15.0. The lowest BCUT2D eigenvalue weighted by Gasteiger charge is -2.07. The number of aromatic carboxylic acids is 2. The molecule has 0 unspecified atom stereocenters. The third-order valence-electron chi connectivity index (χ3n) is 3.42. The van der Waals surface area contributed by atoms with Gasteiger partial charge in [-0.15, -0.1) is 11.3 Å². The predicted octanol–water partition coefficient (Wildman–Crippen LogP) is 4.48. The molecule has 0 amide bonds. The van der Waals surface area contributed by atoms with Crippen molar-refractivity contribution >= 4 is 23.3 Å². The largest absolute Gasteiger partial charge is 0.477 e. The molecule has 0 aliphatic rings. The van der Waals surface area contributed by atoms with E-state index in [9.17, 15) is 19.8 Å². The van der Waals surface area contributed by atoms with Crippen molar-refractivity contribution in [1.82, 2.24) is 0 Å². The molecule has 4 nitrogen and oxygen atoms in total. The minimum absolute atomic E-state index is 0.0347. The van der Waals surface area contributed by atoms with Gasteiger partial charge in [0.25, 0.3) is 0 Å². The molecule has 0 aliphatic carbocycles. The second kappa shape index (κ2) is 6.06. The Balaban J connectivity index is 2.40. The van der Waals surface area contributed by atoms with E-state index >= 15 is 0 Å². The summed E-state index contributed by atoms with van der Waals surface area (Å²) < 4.78 is 0. The van der Waals surface area contributed by atoms with Gasteiger partial charge in [0, 0.05) is 11.1 Å². The molecule has 0 atom stereocenters. The van der Waals surface area contributed by atoms with Gasteiger partial charge in [0.1, 0.15) is 9.75 Å². The maximum absolute atomic E-state index is 11.6. The van der Waals surface area contributed by atoms with Crippen LogP contribution in [0.3, 0.4) is 0 Å². The zero-order valence-corrected chi connectivity index (χ0v) is 12.7. The highest BCUT2D eigenvalue weighted by Gasteiger charge is 2.27. The molecular formula is C18H12O4S. The first-order valence-electron chi connectivity index (χ1n) is 6.84. The summed E-state index contributed by atoms with van der Waals surface area (Å²) in [5.74, 6) is -2.25. The van der Waals surface area contributed by atoms with Crippen molar-refractivity contribution in [3.05, 3.63) is 70.4 Å². The zero-order valence-electron chi connectivity index (χ0n) is 11.9. The van der Waals surface area contributed by atoms with Crippen molar-refractivity contribution in [2.24, 2.45) is 0 Å². The molecule has 0 saturated carbocycles. The Hall–Kier alpha value is -2.92. The average Bonchev–Trinajstić information content (AvgIpc) is 2.97. The Kier molecular flexibility index (Phi) is 3.95. The number of hydrogen-bond donors (Lipinski definition) is 2. The fourth-order valence-corrected chi connectivity index (χ4v) is 3.52. The molecule has 1 aromatic heterocycles. The number of carboxylic acids is 2. The predicted molar refractivity (Wildman–Crippen MR) is 89.1 cm³/mol. The van der Waals surface area contributed by atoms with Crippen molar-refractivity contribution in [3.8, 4) is 22.3 Å². The first-order chi connectivity index (χ1) is 11.1. The van der Waals surface area contributed by atoms with Crippen molar-refractivity contribution in [1.29, 1.82) is 0 Å². The lowest BCUT2D eigenvalue weighted by molar-refractivity contribution is 0.0694. The van der Waals surface area contributed by atoms with Gasteiger partial charge in [0.05, 0.1) is 0 Å². The van der Waals surface area contributed by atoms with Crippen LogP contribution in [0, 0.1) is 0 Å². The first-order valence-corrected chi connectivity index (χ1v) is 7.65. The van der Waals surface area contributed by atoms with Gasteiger partial charge in [-0.05, 0) is 11.1 Å². The van der Waals surface area contributed by atoms with Gasteiger partial charge in [0.15, 0.2) is 0 Å². The normalized spacial score (nSPS) is 10.4. The molecule has 1 heterocycles. The van der Waals surface area contributed by atoms with Crippen LogP contribution in [-0.2, 0) is 0 Å². The van der Waals surface area contributed by atoms with E-state index < -0.39 is 11.9 Å². The average molecular weight is 324 g/mol. The van der Waals surface area contributed by atoms with Gasteiger partial charge < -0.3 is 10.2 Å². The Bertz CT molecular complexity index is 795. The van der Waals surface area contributed by atoms with Crippen LogP contribution in [0.5, 0.6) is 0 Å². The van der Waals surface area contributed by atoms with Crippen LogP contribution in [0.2, 0.25) is 0 Å². The molecule has 3 rings (SSSR count). The van der Waals surface area contributed by atoms with Gasteiger partial charge in [0.2, 0.25) is 0 Å². The summed E-state index contributed by atoms with van der Waals surface area (Å²) in [6.07, 6.45) is 0. The van der Waals surface area contributed by atoms with Gasteiger partial charge in [-0.2, -0.15) is 0 Å². The summed E-state index contributed by atoms with van der Waals surface area (Å²) in [6, 6.07) is 18.0. The van der Waals surface area contributed by atoms with Crippen molar-refractivity contribution in [2.75, 3.05) is 0 Å². The Morgan fingerprint density at radius 3 is 1.30 bits per heavy atom. The van der Waals surface area contributed by atoms with Crippen molar-refractivity contribution in [3.63, 3.8) is 0 Å². The summed E-state index contributed by atoms with van der Waals surface area (Å²) in [6.45, 7) is 0. The molecule has 5 heteroatoms. The second-order valence-corrected chi connectivity index (χ2v) is 5.87. The maximum atomic E-state index is 11.6. The lowest BCUT2D eigenvalue weighted by Crippen LogP contribution is -1.96. The number of benzene rings is 2. The molecule has 114 valence electrons. The van der Waals surface area contributed by atoms with E-state index in [1.54, 1.807) is 48.5 Å². The number of carbonyl (C=O) groups is 2. The minimum atomic E-state index is -1.13. The van der Waals surface area contributed by atoms with Gasteiger partial charge >= 0.3 is 11.9 Å². The van der Waals surface area contributed by atoms with Crippen LogP contribution >= 0.6 is 11.3 Å². The standard InChI is InChI=1S/C18H12O4S/c19-17(20)15-13(11-7-3-1-4-8-11)14(16(23-15)18(21)22)12-9-5-2-6-10-12/h1-10H,(H,19,20)(H,21,22). The number of rotatable bonds is 4. The SMILES string of the molecule is O=C(O)c1sc(C(=O)O)c(-c2ccccc2)c1-c1ccccc1. The van der Waals surface area contributed by atoms with Crippen molar-refractivity contribution in [2.45, 2.75) is 0 Å². The molecule has 23 heavy (non-hydrogen) atoms. The van der Waals surface area contributed by atoms with E-state index in [4.69, 9.17) is 0 Å². The summed E-state index contributed by atoms with van der Waals surface area (Å²) in [7, 11) is 0. The highest BCUT2D eigenvalue weighted by molar-refractivity contribution is 7.17. The molecule has 0 bridgehead atoms. The van der Waals surface area contributed by atoms with E-state index in [2.05, 4.69) is 0 Å². The van der Waals surface area contributed by atoms with Crippen LogP contribution in [0.25, 0.3) is 22.3 Å². The molecule has 0 aliphatic heterocycles. The van der Waals surface area contributed by atoms with E-state index in [0.717, 1.165) is 11.3 Å². The lowest BCUT2D eigenvalue weighted by atomic mass is 9.95. The molecule has 0 radical (unpaired) electrons. The quantitative estimate of drug-likeness (QED) is 0.742. The molecule has 0 spiro atoms. The smallest absolute Gasteiger partial charge is 0.346 e. The summed E-state index contributed by atoms with van der Waals surface area (Å²) in [4.78, 5) is 23.3. The Morgan fingerprint density at radius 2 is 1.00 bits per heavy atom. The molecular weight excluding hydrogens is 312 g/mol. The van der Waals surface area contributed by atoms with Gasteiger partial charge in [-0.25, -0.2) is 9.59 Å². The van der Waals surface area contributed by atoms with Crippen LogP contribution in [0.4, 0.5) is 0 Å². The monoisotopic (exact) mass is 324 g/mol. The fourth-order valence-electron chi connectivity index (χ4n) is 2.49. The zero-order chi connectivity index (χ0) is 16.4. The highest BCUT2D eigenvalue weighted by Crippen LogP contribution is 2.43. The van der Waals surface area contributed by atoms with Crippen LogP contribution in [-0.4, -0.2) is 22.2 Å². The van der Waals surface area contributed by atoms with Crippen LogP contribution in [0.1, 0.15) is 19.3 Å². The van der Waals surface area contributed by atoms with E-state index in [-0.39, 0.29) is 9.75 Å². The summed E-state index contributed by atoms with van der Waals surface area (Å²) >= 11 is 0.793. The van der Waals surface area contributed by atoms with E-state index in [1.165, 1.54) is 0 Å². The number of hydrogen-bond acceptors (Lipinski definition) is 3. The molecule has 0 saturated heterocycles. The number of thiophene rings is 1. The Morgan fingerprint density at radius 1 is 0.652 bits per heavy atom. The number of carboxylic acid groups (broad SMARTS) is 2. The molecule has 2 N–H and O–H groups in total. The van der Waals surface area contributed by atoms with E-state index in [0.29, 0.717) is 22.3 Å². The van der Waals surface area contributed by atoms with E-state index in [1.807, 2.05) is 12.1 Å². The Labute approximate surface area is 136 Å². The topological polar surface area (TPSA) is 74.6 Å². The van der Waals surface area contributed by atoms with Crippen LogP contribution in [0.15, 0.2) is 60.7 Å². The third kappa shape index (κ3) is 2.74. The fraction of sp³-hybridized carbons (Fsp3) is 0. The summed E-state index contributed by atoms with van der Waals surface area (Å²) in [5, 5.41) is 19.0.